The topological polar surface area (TPSA) is 58.6 Å². The maximum Gasteiger partial charge on any atom is 0.181 e. The minimum atomic E-state index is -0.186. The van der Waals surface area contributed by atoms with Crippen molar-refractivity contribution in [3.63, 3.8) is 0 Å². The van der Waals surface area contributed by atoms with E-state index in [-0.39, 0.29) is 23.6 Å². The summed E-state index contributed by atoms with van der Waals surface area (Å²) in [5, 5.41) is 12.6. The summed E-state index contributed by atoms with van der Waals surface area (Å²) in [6.45, 7) is 2.00. The highest BCUT2D eigenvalue weighted by Crippen LogP contribution is 2.37. The number of aryl methyl sites for hydroxylation is 1. The molecule has 0 aliphatic carbocycles. The number of ketones is 1. The lowest BCUT2D eigenvalue weighted by molar-refractivity contribution is 0.0989. The fourth-order valence-electron chi connectivity index (χ4n) is 1.41. The molecule has 0 aliphatic heterocycles. The lowest BCUT2D eigenvalue weighted by Gasteiger charge is -2.12. The summed E-state index contributed by atoms with van der Waals surface area (Å²) in [4.78, 5) is 11.8. The predicted octanol–water partition coefficient (Wildman–Crippen LogP) is 1.87. The van der Waals surface area contributed by atoms with E-state index >= 15 is 0 Å². The summed E-state index contributed by atoms with van der Waals surface area (Å²) >= 11 is 3.30. The number of carbonyl (C=O) groups is 1. The third-order valence-corrected chi connectivity index (χ3v) is 3.24. The summed E-state index contributed by atoms with van der Waals surface area (Å²) in [7, 11) is 3.13. The van der Waals surface area contributed by atoms with Gasteiger partial charge in [-0.1, -0.05) is 0 Å². The number of nitrogens with one attached hydrogen (secondary N) is 1. The van der Waals surface area contributed by atoms with Gasteiger partial charge in [0.15, 0.2) is 17.3 Å². The van der Waals surface area contributed by atoms with Crippen LogP contribution in [0.25, 0.3) is 0 Å². The van der Waals surface area contributed by atoms with Crippen molar-refractivity contribution in [2.75, 3.05) is 20.7 Å². The van der Waals surface area contributed by atoms with Crippen LogP contribution in [0.1, 0.15) is 15.9 Å². The number of ether oxygens (including phenoxy) is 1. The largest absolute Gasteiger partial charge is 0.504 e. The molecular formula is C11H14BrNO3. The van der Waals surface area contributed by atoms with E-state index < -0.39 is 0 Å². The second-order valence-electron chi connectivity index (χ2n) is 3.39. The van der Waals surface area contributed by atoms with Gasteiger partial charge in [0.2, 0.25) is 0 Å². The number of Topliss-reactive ketones (excluding diaryl/α,β-unsaturated/α-hetero) is 1. The Morgan fingerprint density at radius 1 is 1.62 bits per heavy atom. The van der Waals surface area contributed by atoms with Crippen LogP contribution in [0, 0.1) is 6.92 Å². The molecule has 2 N–H and O–H groups in total. The molecular weight excluding hydrogens is 274 g/mol. The van der Waals surface area contributed by atoms with Crippen molar-refractivity contribution in [2.45, 2.75) is 6.92 Å². The fraction of sp³-hybridized carbons (Fsp3) is 0.364. The fourth-order valence-corrected chi connectivity index (χ4v) is 1.94. The molecule has 1 rings (SSSR count). The molecule has 0 saturated carbocycles. The zero-order valence-electron chi connectivity index (χ0n) is 9.43. The Kier molecular flexibility index (Phi) is 4.32. The molecule has 0 heterocycles. The third-order valence-electron chi connectivity index (χ3n) is 2.22. The number of phenols is 1. The van der Waals surface area contributed by atoms with E-state index in [1.165, 1.54) is 7.11 Å². The average Bonchev–Trinajstić information content (AvgIpc) is 2.24. The molecule has 0 saturated heterocycles. The van der Waals surface area contributed by atoms with Gasteiger partial charge in [0.05, 0.1) is 19.2 Å². The Bertz CT molecular complexity index is 418. The molecule has 1 aromatic rings. The van der Waals surface area contributed by atoms with Gasteiger partial charge in [-0.15, -0.1) is 0 Å². The summed E-state index contributed by atoms with van der Waals surface area (Å²) in [5.41, 5.74) is 1.10. The number of aromatic hydroxyl groups is 1. The van der Waals surface area contributed by atoms with Crippen molar-refractivity contribution in [3.05, 3.63) is 21.7 Å². The molecule has 0 unspecified atom stereocenters. The van der Waals surface area contributed by atoms with Gasteiger partial charge < -0.3 is 15.2 Å². The molecule has 16 heavy (non-hydrogen) atoms. The lowest BCUT2D eigenvalue weighted by atomic mass is 10.1. The van der Waals surface area contributed by atoms with Crippen LogP contribution in [-0.4, -0.2) is 31.6 Å². The predicted molar refractivity (Wildman–Crippen MR) is 65.4 cm³/mol. The van der Waals surface area contributed by atoms with Crippen LogP contribution in [0.5, 0.6) is 11.5 Å². The summed E-state index contributed by atoms with van der Waals surface area (Å²) in [6.07, 6.45) is 0. The van der Waals surface area contributed by atoms with Gasteiger partial charge in [-0.05, 0) is 41.5 Å². The Morgan fingerprint density at radius 3 is 2.75 bits per heavy atom. The lowest BCUT2D eigenvalue weighted by Crippen LogP contribution is -2.19. The Hall–Kier alpha value is -1.07. The van der Waals surface area contributed by atoms with Crippen molar-refractivity contribution in [2.24, 2.45) is 0 Å². The molecule has 0 aromatic heterocycles. The maximum atomic E-state index is 11.8. The van der Waals surface area contributed by atoms with Gasteiger partial charge in [0, 0.05) is 4.47 Å². The second kappa shape index (κ2) is 5.32. The Morgan fingerprint density at radius 2 is 2.25 bits per heavy atom. The second-order valence-corrected chi connectivity index (χ2v) is 4.18. The number of rotatable bonds is 4. The molecule has 0 fully saturated rings. The van der Waals surface area contributed by atoms with Crippen molar-refractivity contribution in [3.8, 4) is 11.5 Å². The van der Waals surface area contributed by atoms with Crippen molar-refractivity contribution in [1.29, 1.82) is 0 Å². The number of phenolic OH excluding ortho intramolecular Hbond substituents is 1. The Labute approximate surface area is 103 Å². The minimum absolute atomic E-state index is 0.125. The third kappa shape index (κ3) is 2.36. The van der Waals surface area contributed by atoms with Crippen LogP contribution in [0.3, 0.4) is 0 Å². The van der Waals surface area contributed by atoms with Crippen LogP contribution in [0.2, 0.25) is 0 Å². The molecule has 0 bridgehead atoms. The number of hydrogen-bond acceptors (Lipinski definition) is 4. The number of carbonyl (C=O) groups excluding carboxylic acids is 1. The first-order valence-corrected chi connectivity index (χ1v) is 5.56. The number of halogens is 1. The van der Waals surface area contributed by atoms with Crippen LogP contribution < -0.4 is 10.1 Å². The molecule has 0 spiro atoms. The van der Waals surface area contributed by atoms with Gasteiger partial charge in [-0.2, -0.15) is 0 Å². The number of methoxy groups -OCH3 is 1. The van der Waals surface area contributed by atoms with Crippen LogP contribution in [0.15, 0.2) is 10.5 Å². The summed E-state index contributed by atoms with van der Waals surface area (Å²) in [5.74, 6) is -0.00532. The average molecular weight is 288 g/mol. The first-order chi connectivity index (χ1) is 7.52. The standard InChI is InChI=1S/C11H14BrNO3/c1-6-4-8(16-3)11(15)9(10(6)12)7(14)5-13-2/h4,13,15H,5H2,1-3H3. The minimum Gasteiger partial charge on any atom is -0.504 e. The van der Waals surface area contributed by atoms with Gasteiger partial charge >= 0.3 is 0 Å². The SMILES string of the molecule is CNCC(=O)c1c(O)c(OC)cc(C)c1Br. The first-order valence-electron chi connectivity index (χ1n) is 4.76. The first kappa shape index (κ1) is 13.0. The van der Waals surface area contributed by atoms with Crippen molar-refractivity contribution >= 4 is 21.7 Å². The van der Waals surface area contributed by atoms with Crippen molar-refractivity contribution < 1.29 is 14.6 Å². The van der Waals surface area contributed by atoms with E-state index in [1.807, 2.05) is 6.92 Å². The van der Waals surface area contributed by atoms with Gasteiger partial charge in [-0.25, -0.2) is 0 Å². The van der Waals surface area contributed by atoms with Crippen LogP contribution in [-0.2, 0) is 0 Å². The maximum absolute atomic E-state index is 11.8. The highest BCUT2D eigenvalue weighted by Gasteiger charge is 2.20. The molecule has 1 aromatic carbocycles. The Balaban J connectivity index is 3.35. The van der Waals surface area contributed by atoms with E-state index in [0.717, 1.165) is 5.56 Å². The zero-order valence-corrected chi connectivity index (χ0v) is 11.0. The molecule has 88 valence electrons. The quantitative estimate of drug-likeness (QED) is 0.830. The van der Waals surface area contributed by atoms with E-state index in [0.29, 0.717) is 10.2 Å². The van der Waals surface area contributed by atoms with E-state index in [9.17, 15) is 9.90 Å². The number of benzene rings is 1. The smallest absolute Gasteiger partial charge is 0.181 e. The molecule has 0 amide bonds. The van der Waals surface area contributed by atoms with Crippen molar-refractivity contribution in [1.82, 2.24) is 5.32 Å². The molecule has 5 heteroatoms. The summed E-state index contributed by atoms with van der Waals surface area (Å²) in [6, 6.07) is 1.68. The normalized spacial score (nSPS) is 10.2. The zero-order chi connectivity index (χ0) is 12.3. The van der Waals surface area contributed by atoms with E-state index in [1.54, 1.807) is 13.1 Å². The van der Waals surface area contributed by atoms with E-state index in [4.69, 9.17) is 4.74 Å². The highest BCUT2D eigenvalue weighted by molar-refractivity contribution is 9.10. The molecule has 0 radical (unpaired) electrons. The van der Waals surface area contributed by atoms with Crippen LogP contribution >= 0.6 is 15.9 Å². The molecule has 0 aliphatic rings. The van der Waals surface area contributed by atoms with Gasteiger partial charge in [-0.3, -0.25) is 4.79 Å². The summed E-state index contributed by atoms with van der Waals surface area (Å²) < 4.78 is 5.61. The number of hydrogen-bond donors (Lipinski definition) is 2. The van der Waals surface area contributed by atoms with Gasteiger partial charge in [0.25, 0.3) is 0 Å². The molecule has 4 nitrogen and oxygen atoms in total. The van der Waals surface area contributed by atoms with Gasteiger partial charge in [0.1, 0.15) is 0 Å². The number of likely N-dealkylation sites (N-methyl/N-ethyl adjacent to an activating group) is 1. The van der Waals surface area contributed by atoms with E-state index in [2.05, 4.69) is 21.2 Å². The monoisotopic (exact) mass is 287 g/mol. The van der Waals surface area contributed by atoms with Crippen LogP contribution in [0.4, 0.5) is 0 Å². The highest BCUT2D eigenvalue weighted by atomic mass is 79.9. The molecule has 0 atom stereocenters.